The summed E-state index contributed by atoms with van der Waals surface area (Å²) < 4.78 is 0. The second-order valence-corrected chi connectivity index (χ2v) is 2.64. The van der Waals surface area contributed by atoms with Gasteiger partial charge in [0.05, 0.1) is 5.56 Å². The van der Waals surface area contributed by atoms with Crippen molar-refractivity contribution in [3.05, 3.63) is 42.0 Å². The number of ketones is 1. The monoisotopic (exact) mass is 191 g/mol. The zero-order valence-corrected chi connectivity index (χ0v) is 7.36. The SMILES string of the molecule is C=CC(=O)c1cccc(N)c1C(=O)O. The Hall–Kier alpha value is -2.10. The lowest BCUT2D eigenvalue weighted by atomic mass is 10.0. The number of nitrogens with two attached hydrogens (primary N) is 1. The van der Waals surface area contributed by atoms with Gasteiger partial charge in [-0.3, -0.25) is 4.79 Å². The van der Waals surface area contributed by atoms with Crippen LogP contribution in [0.5, 0.6) is 0 Å². The number of benzene rings is 1. The third-order valence-corrected chi connectivity index (χ3v) is 1.76. The van der Waals surface area contributed by atoms with Crippen LogP contribution in [0.25, 0.3) is 0 Å². The quantitative estimate of drug-likeness (QED) is 0.429. The van der Waals surface area contributed by atoms with Crippen LogP contribution in [0.2, 0.25) is 0 Å². The molecule has 72 valence electrons. The summed E-state index contributed by atoms with van der Waals surface area (Å²) in [4.78, 5) is 22.1. The Labute approximate surface area is 80.7 Å². The first-order valence-corrected chi connectivity index (χ1v) is 3.86. The van der Waals surface area contributed by atoms with Gasteiger partial charge in [0, 0.05) is 11.3 Å². The van der Waals surface area contributed by atoms with Gasteiger partial charge in [-0.05, 0) is 12.1 Å². The smallest absolute Gasteiger partial charge is 0.338 e. The first kappa shape index (κ1) is 9.98. The first-order chi connectivity index (χ1) is 6.57. The van der Waals surface area contributed by atoms with Gasteiger partial charge < -0.3 is 10.8 Å². The van der Waals surface area contributed by atoms with Crippen LogP contribution in [0.4, 0.5) is 5.69 Å². The molecule has 0 spiro atoms. The molecule has 1 aromatic carbocycles. The third-order valence-electron chi connectivity index (χ3n) is 1.76. The van der Waals surface area contributed by atoms with Crippen molar-refractivity contribution >= 4 is 17.4 Å². The maximum atomic E-state index is 11.3. The minimum atomic E-state index is -1.21. The van der Waals surface area contributed by atoms with Gasteiger partial charge in [0.15, 0.2) is 5.78 Å². The van der Waals surface area contributed by atoms with Gasteiger partial charge in [0.2, 0.25) is 0 Å². The maximum Gasteiger partial charge on any atom is 0.338 e. The highest BCUT2D eigenvalue weighted by Crippen LogP contribution is 2.17. The number of hydrogen-bond donors (Lipinski definition) is 2. The Morgan fingerprint density at radius 2 is 2.07 bits per heavy atom. The predicted octanol–water partition coefficient (Wildman–Crippen LogP) is 1.34. The molecule has 0 heterocycles. The van der Waals surface area contributed by atoms with Gasteiger partial charge in [-0.25, -0.2) is 4.79 Å². The van der Waals surface area contributed by atoms with Crippen molar-refractivity contribution < 1.29 is 14.7 Å². The zero-order chi connectivity index (χ0) is 10.7. The largest absolute Gasteiger partial charge is 0.478 e. The molecule has 0 atom stereocenters. The number of rotatable bonds is 3. The Morgan fingerprint density at radius 1 is 1.43 bits per heavy atom. The molecular formula is C10H9NO3. The molecule has 4 nitrogen and oxygen atoms in total. The van der Waals surface area contributed by atoms with Gasteiger partial charge >= 0.3 is 5.97 Å². The van der Waals surface area contributed by atoms with Crippen molar-refractivity contribution in [1.29, 1.82) is 0 Å². The van der Waals surface area contributed by atoms with Crippen LogP contribution >= 0.6 is 0 Å². The van der Waals surface area contributed by atoms with Crippen LogP contribution in [0, 0.1) is 0 Å². The molecule has 14 heavy (non-hydrogen) atoms. The number of carbonyl (C=O) groups excluding carboxylic acids is 1. The lowest BCUT2D eigenvalue weighted by molar-refractivity contribution is 0.0694. The van der Waals surface area contributed by atoms with Crippen molar-refractivity contribution in [2.24, 2.45) is 0 Å². The van der Waals surface area contributed by atoms with E-state index in [-0.39, 0.29) is 16.8 Å². The Bertz CT molecular complexity index is 410. The van der Waals surface area contributed by atoms with Crippen molar-refractivity contribution in [3.8, 4) is 0 Å². The van der Waals surface area contributed by atoms with Gasteiger partial charge in [0.1, 0.15) is 0 Å². The van der Waals surface area contributed by atoms with Gasteiger partial charge in [-0.1, -0.05) is 18.7 Å². The Balaban J connectivity index is 3.42. The molecular weight excluding hydrogens is 182 g/mol. The predicted molar refractivity (Wildman–Crippen MR) is 52.3 cm³/mol. The molecule has 0 aliphatic rings. The fourth-order valence-electron chi connectivity index (χ4n) is 1.12. The van der Waals surface area contributed by atoms with E-state index >= 15 is 0 Å². The normalized spacial score (nSPS) is 9.43. The van der Waals surface area contributed by atoms with E-state index < -0.39 is 11.8 Å². The zero-order valence-electron chi connectivity index (χ0n) is 7.36. The molecule has 0 saturated heterocycles. The molecule has 0 aromatic heterocycles. The third kappa shape index (κ3) is 1.64. The summed E-state index contributed by atoms with van der Waals surface area (Å²) >= 11 is 0. The van der Waals surface area contributed by atoms with E-state index in [2.05, 4.69) is 6.58 Å². The van der Waals surface area contributed by atoms with E-state index in [0.717, 1.165) is 6.08 Å². The van der Waals surface area contributed by atoms with E-state index in [4.69, 9.17) is 10.8 Å². The van der Waals surface area contributed by atoms with E-state index in [1.807, 2.05) is 0 Å². The van der Waals surface area contributed by atoms with Crippen LogP contribution in [-0.4, -0.2) is 16.9 Å². The summed E-state index contributed by atoms with van der Waals surface area (Å²) in [6.45, 7) is 3.28. The van der Waals surface area contributed by atoms with E-state index in [1.165, 1.54) is 18.2 Å². The molecule has 0 bridgehead atoms. The molecule has 0 saturated carbocycles. The summed E-state index contributed by atoms with van der Waals surface area (Å²) in [6, 6.07) is 4.37. The van der Waals surface area contributed by atoms with Crippen LogP contribution < -0.4 is 5.73 Å². The topological polar surface area (TPSA) is 80.4 Å². The number of aromatic carboxylic acids is 1. The molecule has 4 heteroatoms. The summed E-state index contributed by atoms with van der Waals surface area (Å²) in [5.41, 5.74) is 5.42. The second kappa shape index (κ2) is 3.74. The maximum absolute atomic E-state index is 11.3. The molecule has 0 amide bonds. The molecule has 0 aliphatic carbocycles. The second-order valence-electron chi connectivity index (χ2n) is 2.64. The number of nitrogen functional groups attached to an aromatic ring is 1. The number of allylic oxidation sites excluding steroid dienone is 1. The molecule has 0 unspecified atom stereocenters. The van der Waals surface area contributed by atoms with Crippen molar-refractivity contribution in [3.63, 3.8) is 0 Å². The number of carboxylic acids is 1. The number of hydrogen-bond acceptors (Lipinski definition) is 3. The lowest BCUT2D eigenvalue weighted by Crippen LogP contribution is -2.09. The Morgan fingerprint density at radius 3 is 2.57 bits per heavy atom. The summed E-state index contributed by atoms with van der Waals surface area (Å²) in [7, 11) is 0. The van der Waals surface area contributed by atoms with Gasteiger partial charge in [-0.2, -0.15) is 0 Å². The van der Waals surface area contributed by atoms with E-state index in [9.17, 15) is 9.59 Å². The minimum Gasteiger partial charge on any atom is -0.478 e. The average Bonchev–Trinajstić information content (AvgIpc) is 2.15. The highest BCUT2D eigenvalue weighted by molar-refractivity contribution is 6.12. The molecule has 0 fully saturated rings. The van der Waals surface area contributed by atoms with Crippen molar-refractivity contribution in [1.82, 2.24) is 0 Å². The summed E-state index contributed by atoms with van der Waals surface area (Å²) in [5, 5.41) is 8.82. The molecule has 1 aromatic rings. The first-order valence-electron chi connectivity index (χ1n) is 3.86. The fourth-order valence-corrected chi connectivity index (χ4v) is 1.12. The van der Waals surface area contributed by atoms with Crippen LogP contribution in [0.1, 0.15) is 20.7 Å². The number of carboxylic acid groups (broad SMARTS) is 1. The van der Waals surface area contributed by atoms with Crippen LogP contribution in [-0.2, 0) is 0 Å². The van der Waals surface area contributed by atoms with Crippen LogP contribution in [0.3, 0.4) is 0 Å². The summed E-state index contributed by atoms with van der Waals surface area (Å²) in [5.74, 6) is -1.66. The van der Waals surface area contributed by atoms with Gasteiger partial charge in [0.25, 0.3) is 0 Å². The van der Waals surface area contributed by atoms with Crippen molar-refractivity contribution in [2.75, 3.05) is 5.73 Å². The van der Waals surface area contributed by atoms with Crippen molar-refractivity contribution in [2.45, 2.75) is 0 Å². The highest BCUT2D eigenvalue weighted by Gasteiger charge is 2.16. The van der Waals surface area contributed by atoms with E-state index in [0.29, 0.717) is 0 Å². The van der Waals surface area contributed by atoms with Crippen LogP contribution in [0.15, 0.2) is 30.9 Å². The number of anilines is 1. The number of carbonyl (C=O) groups is 2. The minimum absolute atomic E-state index is 0.0625. The molecule has 0 radical (unpaired) electrons. The van der Waals surface area contributed by atoms with Gasteiger partial charge in [-0.15, -0.1) is 0 Å². The fraction of sp³-hybridized carbons (Fsp3) is 0. The highest BCUT2D eigenvalue weighted by atomic mass is 16.4. The molecule has 1 rings (SSSR count). The average molecular weight is 191 g/mol. The summed E-state index contributed by atoms with van der Waals surface area (Å²) in [6.07, 6.45) is 1.06. The standard InChI is InChI=1S/C10H9NO3/c1-2-8(12)6-4-3-5-7(11)9(6)10(13)14/h2-5H,1,11H2,(H,13,14). The molecule has 0 aliphatic heterocycles. The Kier molecular flexibility index (Phi) is 2.67. The van der Waals surface area contributed by atoms with E-state index in [1.54, 1.807) is 0 Å². The molecule has 3 N–H and O–H groups in total. The lowest BCUT2D eigenvalue weighted by Gasteiger charge is -2.04.